The van der Waals surface area contributed by atoms with Crippen LogP contribution < -0.4 is 0 Å². The van der Waals surface area contributed by atoms with Crippen LogP contribution in [0.5, 0.6) is 0 Å². The highest BCUT2D eigenvalue weighted by atomic mass is 15.3. The summed E-state index contributed by atoms with van der Waals surface area (Å²) in [5, 5.41) is 0. The Hall–Kier alpha value is -1.48. The SMILES string of the molecule is C=C(CC)N(CC)C1=CCC=C(N2CC3(CCN(C)C3)C2)C=C1. The molecule has 3 heteroatoms. The molecular formula is C20H31N3. The third-order valence-corrected chi connectivity index (χ3v) is 5.54. The number of nitrogens with zero attached hydrogens (tertiary/aromatic N) is 3. The van der Waals surface area contributed by atoms with Crippen LogP contribution in [0.4, 0.5) is 0 Å². The van der Waals surface area contributed by atoms with E-state index in [-0.39, 0.29) is 0 Å². The maximum Gasteiger partial charge on any atom is 0.0371 e. The topological polar surface area (TPSA) is 9.72 Å². The first kappa shape index (κ1) is 16.4. The van der Waals surface area contributed by atoms with Crippen molar-refractivity contribution in [1.29, 1.82) is 0 Å². The van der Waals surface area contributed by atoms with E-state index in [0.717, 1.165) is 19.4 Å². The monoisotopic (exact) mass is 313 g/mol. The second-order valence-electron chi connectivity index (χ2n) is 7.33. The Bertz CT molecular complexity index is 549. The van der Waals surface area contributed by atoms with Crippen LogP contribution in [0, 0.1) is 5.41 Å². The van der Waals surface area contributed by atoms with Gasteiger partial charge in [0.2, 0.25) is 0 Å². The van der Waals surface area contributed by atoms with Crippen molar-refractivity contribution >= 4 is 0 Å². The quantitative estimate of drug-likeness (QED) is 0.768. The molecule has 0 aromatic rings. The molecule has 2 saturated heterocycles. The summed E-state index contributed by atoms with van der Waals surface area (Å²) < 4.78 is 0. The van der Waals surface area contributed by atoms with Gasteiger partial charge in [-0.1, -0.05) is 25.7 Å². The van der Waals surface area contributed by atoms with E-state index in [1.807, 2.05) is 0 Å². The van der Waals surface area contributed by atoms with Crippen LogP contribution in [0.3, 0.4) is 0 Å². The molecule has 0 radical (unpaired) electrons. The van der Waals surface area contributed by atoms with Crippen LogP contribution >= 0.6 is 0 Å². The Morgan fingerprint density at radius 1 is 1.22 bits per heavy atom. The zero-order valence-corrected chi connectivity index (χ0v) is 15.0. The van der Waals surface area contributed by atoms with E-state index in [0.29, 0.717) is 5.41 Å². The number of allylic oxidation sites excluding steroid dienone is 5. The zero-order valence-electron chi connectivity index (χ0n) is 15.0. The van der Waals surface area contributed by atoms with Crippen molar-refractivity contribution in [3.8, 4) is 0 Å². The molecule has 23 heavy (non-hydrogen) atoms. The molecular weight excluding hydrogens is 282 g/mol. The minimum absolute atomic E-state index is 0.567. The Kier molecular flexibility index (Phi) is 4.67. The highest BCUT2D eigenvalue weighted by Crippen LogP contribution is 2.41. The van der Waals surface area contributed by atoms with E-state index in [9.17, 15) is 0 Å². The molecule has 1 aliphatic carbocycles. The van der Waals surface area contributed by atoms with E-state index in [4.69, 9.17) is 0 Å². The van der Waals surface area contributed by atoms with Crippen molar-refractivity contribution in [2.75, 3.05) is 39.8 Å². The summed E-state index contributed by atoms with van der Waals surface area (Å²) in [5.41, 5.74) is 4.46. The molecule has 0 unspecified atom stereocenters. The summed E-state index contributed by atoms with van der Waals surface area (Å²) in [4.78, 5) is 7.36. The lowest BCUT2D eigenvalue weighted by Gasteiger charge is -2.50. The van der Waals surface area contributed by atoms with Crippen molar-refractivity contribution in [2.24, 2.45) is 5.41 Å². The molecule has 3 rings (SSSR count). The van der Waals surface area contributed by atoms with E-state index in [1.54, 1.807) is 0 Å². The van der Waals surface area contributed by atoms with Crippen molar-refractivity contribution in [1.82, 2.24) is 14.7 Å². The number of likely N-dealkylation sites (N-methyl/N-ethyl adjacent to an activating group) is 1. The molecule has 0 aromatic carbocycles. The predicted molar refractivity (Wildman–Crippen MR) is 97.9 cm³/mol. The van der Waals surface area contributed by atoms with Gasteiger partial charge in [-0.25, -0.2) is 0 Å². The summed E-state index contributed by atoms with van der Waals surface area (Å²) in [6, 6.07) is 0. The van der Waals surface area contributed by atoms with Gasteiger partial charge < -0.3 is 14.7 Å². The fourth-order valence-electron chi connectivity index (χ4n) is 4.18. The van der Waals surface area contributed by atoms with E-state index >= 15 is 0 Å². The molecule has 126 valence electrons. The van der Waals surface area contributed by atoms with E-state index in [1.165, 1.54) is 49.7 Å². The molecule has 0 amide bonds. The van der Waals surface area contributed by atoms with E-state index in [2.05, 4.69) is 66.5 Å². The maximum atomic E-state index is 4.21. The van der Waals surface area contributed by atoms with Gasteiger partial charge in [0, 0.05) is 48.7 Å². The minimum Gasteiger partial charge on any atom is -0.370 e. The Morgan fingerprint density at radius 2 is 2.00 bits per heavy atom. The fraction of sp³-hybridized carbons (Fsp3) is 0.600. The molecule has 2 heterocycles. The van der Waals surface area contributed by atoms with E-state index < -0.39 is 0 Å². The molecule has 0 aromatic heterocycles. The fourth-order valence-corrected chi connectivity index (χ4v) is 4.18. The molecule has 3 aliphatic rings. The van der Waals surface area contributed by atoms with Gasteiger partial charge >= 0.3 is 0 Å². The van der Waals surface area contributed by atoms with Crippen LogP contribution in [-0.2, 0) is 0 Å². The van der Waals surface area contributed by atoms with Crippen LogP contribution in [0.1, 0.15) is 33.1 Å². The van der Waals surface area contributed by atoms with Gasteiger partial charge in [-0.15, -0.1) is 0 Å². The number of likely N-dealkylation sites (tertiary alicyclic amines) is 2. The first-order valence-corrected chi connectivity index (χ1v) is 9.04. The molecule has 2 aliphatic heterocycles. The van der Waals surface area contributed by atoms with Crippen LogP contribution in [-0.4, -0.2) is 54.5 Å². The van der Waals surface area contributed by atoms with Gasteiger partial charge in [0.05, 0.1) is 0 Å². The number of hydrogen-bond donors (Lipinski definition) is 0. The second-order valence-corrected chi connectivity index (χ2v) is 7.33. The lowest BCUT2D eigenvalue weighted by Crippen LogP contribution is -2.56. The Labute approximate surface area is 141 Å². The van der Waals surface area contributed by atoms with Gasteiger partial charge in [0.15, 0.2) is 0 Å². The van der Waals surface area contributed by atoms with Crippen molar-refractivity contribution in [2.45, 2.75) is 33.1 Å². The maximum absolute atomic E-state index is 4.21. The highest BCUT2D eigenvalue weighted by Gasteiger charge is 2.46. The third kappa shape index (κ3) is 3.25. The molecule has 0 bridgehead atoms. The first-order valence-electron chi connectivity index (χ1n) is 9.04. The summed E-state index contributed by atoms with van der Waals surface area (Å²) in [6.07, 6.45) is 12.6. The van der Waals surface area contributed by atoms with Crippen LogP contribution in [0.2, 0.25) is 0 Å². The van der Waals surface area contributed by atoms with Crippen LogP contribution in [0.15, 0.2) is 48.0 Å². The smallest absolute Gasteiger partial charge is 0.0371 e. The Morgan fingerprint density at radius 3 is 2.61 bits per heavy atom. The van der Waals surface area contributed by atoms with Crippen molar-refractivity contribution in [3.05, 3.63) is 48.0 Å². The largest absolute Gasteiger partial charge is 0.370 e. The van der Waals surface area contributed by atoms with Gasteiger partial charge in [0.25, 0.3) is 0 Å². The zero-order chi connectivity index (χ0) is 16.4. The standard InChI is InChI=1S/C20H31N3/c1-5-17(3)23(6-2)19-9-7-8-18(10-11-19)22-15-20(16-22)12-13-21(4)14-20/h8-11H,3,5-7,12-16H2,1-2,4H3. The average Bonchev–Trinajstić information content (AvgIpc) is 2.76. The average molecular weight is 313 g/mol. The van der Waals surface area contributed by atoms with Gasteiger partial charge in [0.1, 0.15) is 0 Å². The van der Waals surface area contributed by atoms with Gasteiger partial charge in [-0.2, -0.15) is 0 Å². The first-order chi connectivity index (χ1) is 11.1. The summed E-state index contributed by atoms with van der Waals surface area (Å²) in [7, 11) is 2.25. The molecule has 0 saturated carbocycles. The molecule has 2 fully saturated rings. The number of hydrogen-bond acceptors (Lipinski definition) is 3. The van der Waals surface area contributed by atoms with Gasteiger partial charge in [-0.05, 0) is 51.9 Å². The molecule has 0 atom stereocenters. The normalized spacial score (nSPS) is 23.3. The highest BCUT2D eigenvalue weighted by molar-refractivity contribution is 5.34. The third-order valence-electron chi connectivity index (χ3n) is 5.54. The second kappa shape index (κ2) is 6.56. The molecule has 0 N–H and O–H groups in total. The number of rotatable bonds is 5. The van der Waals surface area contributed by atoms with Crippen molar-refractivity contribution in [3.63, 3.8) is 0 Å². The summed E-state index contributed by atoms with van der Waals surface area (Å²) >= 11 is 0. The molecule has 3 nitrogen and oxygen atoms in total. The lowest BCUT2D eigenvalue weighted by molar-refractivity contribution is 0.0428. The lowest BCUT2D eigenvalue weighted by atomic mass is 9.78. The van der Waals surface area contributed by atoms with Crippen molar-refractivity contribution < 1.29 is 0 Å². The minimum atomic E-state index is 0.567. The Balaban J connectivity index is 1.62. The van der Waals surface area contributed by atoms with Crippen LogP contribution in [0.25, 0.3) is 0 Å². The predicted octanol–water partition coefficient (Wildman–Crippen LogP) is 3.60. The summed E-state index contributed by atoms with van der Waals surface area (Å²) in [6.45, 7) is 14.5. The molecule has 1 spiro atoms. The van der Waals surface area contributed by atoms with Gasteiger partial charge in [-0.3, -0.25) is 0 Å². The summed E-state index contributed by atoms with van der Waals surface area (Å²) in [5.74, 6) is 0.